The highest BCUT2D eigenvalue weighted by Crippen LogP contribution is 2.52. The number of nitrogens with two attached hydrogens (primary N) is 1. The smallest absolute Gasteiger partial charge is 0.235 e. The lowest BCUT2D eigenvalue weighted by atomic mass is 9.52. The fraction of sp³-hybridized carbons (Fsp3) is 0.469. The molecular weight excluding hydrogens is 524 g/mol. The van der Waals surface area contributed by atoms with Crippen LogP contribution in [0.2, 0.25) is 0 Å². The van der Waals surface area contributed by atoms with Crippen LogP contribution in [0, 0.1) is 23.7 Å². The average Bonchev–Trinajstić information content (AvgIpc) is 2.90. The second-order valence-corrected chi connectivity index (χ2v) is 12.2. The van der Waals surface area contributed by atoms with Gasteiger partial charge in [-0.1, -0.05) is 45.0 Å². The number of primary amides is 1. The van der Waals surface area contributed by atoms with Crippen molar-refractivity contribution in [1.82, 2.24) is 4.90 Å². The molecule has 5 rings (SSSR count). The zero-order valence-corrected chi connectivity index (χ0v) is 23.9. The minimum atomic E-state index is -2.74. The predicted octanol–water partition coefficient (Wildman–Crippen LogP) is 2.22. The van der Waals surface area contributed by atoms with Gasteiger partial charge in [-0.25, -0.2) is 0 Å². The maximum Gasteiger partial charge on any atom is 0.235 e. The first-order valence-corrected chi connectivity index (χ1v) is 14.1. The Labute approximate surface area is 238 Å². The largest absolute Gasteiger partial charge is 0.507 e. The van der Waals surface area contributed by atoms with Gasteiger partial charge in [0, 0.05) is 11.5 Å². The van der Waals surface area contributed by atoms with E-state index in [1.165, 1.54) is 4.90 Å². The number of aromatic hydroxyl groups is 1. The lowest BCUT2D eigenvalue weighted by Gasteiger charge is -2.52. The molecule has 9 nitrogen and oxygen atoms in total. The van der Waals surface area contributed by atoms with Gasteiger partial charge in [0.2, 0.25) is 5.91 Å². The molecule has 0 aromatic heterocycles. The fourth-order valence-electron chi connectivity index (χ4n) is 7.36. The normalized spacial score (nSPS) is 29.4. The van der Waals surface area contributed by atoms with E-state index in [4.69, 9.17) is 5.73 Å². The number of hydrogen-bond donors (Lipinski definition) is 3. The first-order chi connectivity index (χ1) is 19.2. The molecule has 0 heterocycles. The predicted molar refractivity (Wildman–Crippen MR) is 150 cm³/mol. The maximum absolute atomic E-state index is 14.2. The van der Waals surface area contributed by atoms with Gasteiger partial charge in [0.1, 0.15) is 5.75 Å². The molecule has 9 heteroatoms. The summed E-state index contributed by atoms with van der Waals surface area (Å²) in [5.74, 6) is -10.4. The number of carbonyl (C=O) groups is 5. The van der Waals surface area contributed by atoms with Crippen LogP contribution in [-0.4, -0.2) is 69.9 Å². The van der Waals surface area contributed by atoms with Crippen LogP contribution in [0.4, 0.5) is 0 Å². The van der Waals surface area contributed by atoms with E-state index >= 15 is 0 Å². The minimum absolute atomic E-state index is 0.0118. The summed E-state index contributed by atoms with van der Waals surface area (Å²) >= 11 is 0. The number of fused-ring (bicyclic) bond motifs is 3. The lowest BCUT2D eigenvalue weighted by Crippen LogP contribution is -2.74. The van der Waals surface area contributed by atoms with Crippen molar-refractivity contribution in [3.63, 3.8) is 0 Å². The van der Waals surface area contributed by atoms with E-state index in [1.807, 2.05) is 51.1 Å². The Kier molecular flexibility index (Phi) is 7.02. The first-order valence-electron chi connectivity index (χ1n) is 14.1. The van der Waals surface area contributed by atoms with E-state index in [0.717, 1.165) is 17.5 Å². The van der Waals surface area contributed by atoms with Gasteiger partial charge in [0.15, 0.2) is 34.7 Å². The first kappa shape index (κ1) is 28.8. The highest BCUT2D eigenvalue weighted by atomic mass is 16.3. The third kappa shape index (κ3) is 4.08. The molecule has 2 saturated carbocycles. The van der Waals surface area contributed by atoms with Crippen LogP contribution < -0.4 is 5.73 Å². The third-order valence-electron chi connectivity index (χ3n) is 9.39. The number of ketones is 4. The van der Waals surface area contributed by atoms with E-state index in [-0.39, 0.29) is 30.1 Å². The van der Waals surface area contributed by atoms with Crippen LogP contribution >= 0.6 is 0 Å². The zero-order chi connectivity index (χ0) is 30.1. The fourth-order valence-corrected chi connectivity index (χ4v) is 7.36. The molecule has 3 aliphatic carbocycles. The summed E-state index contributed by atoms with van der Waals surface area (Å²) in [6, 6.07) is 8.43. The number of aryl methyl sites for hydroxylation is 1. The summed E-state index contributed by atoms with van der Waals surface area (Å²) in [6.45, 7) is 6.02. The Morgan fingerprint density at radius 2 is 1.73 bits per heavy atom. The van der Waals surface area contributed by atoms with Crippen LogP contribution in [0.1, 0.15) is 60.2 Å². The van der Waals surface area contributed by atoms with Gasteiger partial charge < -0.3 is 15.9 Å². The molecule has 2 aromatic carbocycles. The lowest BCUT2D eigenvalue weighted by molar-refractivity contribution is -0.181. The molecule has 41 heavy (non-hydrogen) atoms. The number of hydrogen-bond acceptors (Lipinski definition) is 8. The zero-order valence-electron chi connectivity index (χ0n) is 23.9. The van der Waals surface area contributed by atoms with E-state index in [9.17, 15) is 34.2 Å². The van der Waals surface area contributed by atoms with Gasteiger partial charge in [0.25, 0.3) is 0 Å². The molecule has 0 saturated heterocycles. The number of carbonyl (C=O) groups excluding carboxylic acids is 5. The number of aliphatic hydroxyl groups is 1. The minimum Gasteiger partial charge on any atom is -0.507 e. The molecule has 4 N–H and O–H groups in total. The average molecular weight is 561 g/mol. The van der Waals surface area contributed by atoms with Gasteiger partial charge in [-0.05, 0) is 73.5 Å². The van der Waals surface area contributed by atoms with Crippen molar-refractivity contribution in [2.75, 3.05) is 14.1 Å². The Morgan fingerprint density at radius 1 is 1.10 bits per heavy atom. The molecule has 0 spiro atoms. The van der Waals surface area contributed by atoms with Crippen LogP contribution in [-0.2, 0) is 32.0 Å². The Morgan fingerprint density at radius 3 is 2.27 bits per heavy atom. The Hall–Kier alpha value is -3.69. The summed E-state index contributed by atoms with van der Waals surface area (Å²) in [5, 5.41) is 23.3. The van der Waals surface area contributed by atoms with Gasteiger partial charge in [-0.15, -0.1) is 0 Å². The van der Waals surface area contributed by atoms with Crippen LogP contribution in [0.5, 0.6) is 5.75 Å². The number of rotatable bonds is 5. The molecule has 0 aliphatic heterocycles. The highest BCUT2D eigenvalue weighted by Gasteiger charge is 2.69. The number of likely N-dealkylation sites (N-methyl/N-ethyl adjacent to an activating group) is 1. The third-order valence-corrected chi connectivity index (χ3v) is 9.39. The van der Waals surface area contributed by atoms with Gasteiger partial charge in [-0.3, -0.25) is 28.9 Å². The molecule has 2 aromatic rings. The second-order valence-electron chi connectivity index (χ2n) is 12.2. The number of amides is 1. The number of nitrogens with zero attached hydrogens (tertiary/aromatic N) is 1. The quantitative estimate of drug-likeness (QED) is 0.470. The Bertz CT molecular complexity index is 1490. The SMILES string of the molecule is CCc1ccc(-c2cc(C(C)C)c3c(c2O)C(=O)C2C(=O)[C@]4(O)C(=O)C(C(N)=O)C(=O)[C@@H](N(C)C)[C@@H]4C[C@@H]2C3)cc1. The Balaban J connectivity index is 1.67. The number of Topliss-reactive ketones (excluding diaryl/α,β-unsaturated/α-hetero) is 4. The van der Waals surface area contributed by atoms with Crippen molar-refractivity contribution in [2.45, 2.75) is 57.6 Å². The second kappa shape index (κ2) is 9.99. The number of phenolic OH excluding ortho intramolecular Hbond substituents is 1. The van der Waals surface area contributed by atoms with Crippen LogP contribution in [0.15, 0.2) is 30.3 Å². The van der Waals surface area contributed by atoms with Crippen LogP contribution in [0.25, 0.3) is 11.1 Å². The van der Waals surface area contributed by atoms with Crippen molar-refractivity contribution < 1.29 is 34.2 Å². The van der Waals surface area contributed by atoms with Crippen molar-refractivity contribution >= 4 is 29.0 Å². The van der Waals surface area contributed by atoms with Gasteiger partial charge in [0.05, 0.1) is 17.5 Å². The van der Waals surface area contributed by atoms with E-state index in [0.29, 0.717) is 16.7 Å². The van der Waals surface area contributed by atoms with Gasteiger partial charge in [-0.2, -0.15) is 0 Å². The number of phenols is 1. The topological polar surface area (TPSA) is 155 Å². The van der Waals surface area contributed by atoms with E-state index in [2.05, 4.69) is 0 Å². The number of benzene rings is 2. The molecular formula is C32H36N2O7. The molecule has 216 valence electrons. The summed E-state index contributed by atoms with van der Waals surface area (Å²) < 4.78 is 0. The molecule has 2 unspecified atom stereocenters. The van der Waals surface area contributed by atoms with Crippen molar-refractivity contribution in [3.05, 3.63) is 52.6 Å². The summed E-state index contributed by atoms with van der Waals surface area (Å²) in [4.78, 5) is 68.7. The van der Waals surface area contributed by atoms with Gasteiger partial charge >= 0.3 is 0 Å². The maximum atomic E-state index is 14.2. The van der Waals surface area contributed by atoms with Crippen molar-refractivity contribution in [1.29, 1.82) is 0 Å². The summed E-state index contributed by atoms with van der Waals surface area (Å²) in [5.41, 5.74) is 6.48. The van der Waals surface area contributed by atoms with Crippen LogP contribution in [0.3, 0.4) is 0 Å². The summed E-state index contributed by atoms with van der Waals surface area (Å²) in [7, 11) is 3.14. The molecule has 0 radical (unpaired) electrons. The molecule has 0 bridgehead atoms. The molecule has 6 atom stereocenters. The standard InChI is InChI=1S/C32H36N2O7/c1-6-15-7-9-16(10-8-15)19-13-18(14(2)3)20-11-17-12-21-25(34(4)5)28(37)24(31(33)40)30(39)32(21,41)29(38)22(17)27(36)23(20)26(19)35/h7-10,13-14,17,21-22,24-25,35,41H,6,11-12H2,1-5H3,(H2,33,40)/t17-,21-,22?,24?,25-,32-/m0/s1. The van der Waals surface area contributed by atoms with Crippen molar-refractivity contribution in [3.8, 4) is 16.9 Å². The molecule has 3 aliphatic rings. The monoisotopic (exact) mass is 560 g/mol. The molecule has 2 fully saturated rings. The highest BCUT2D eigenvalue weighted by molar-refractivity contribution is 6.32. The summed E-state index contributed by atoms with van der Waals surface area (Å²) in [6.07, 6.45) is 1.13. The van der Waals surface area contributed by atoms with E-state index < -0.39 is 64.4 Å². The molecule has 1 amide bonds. The van der Waals surface area contributed by atoms with Crippen molar-refractivity contribution in [2.24, 2.45) is 29.4 Å². The van der Waals surface area contributed by atoms with E-state index in [1.54, 1.807) is 14.1 Å².